The minimum Gasteiger partial charge on any atom is -0.382 e. The number of thioether (sulfide) groups is 1. The summed E-state index contributed by atoms with van der Waals surface area (Å²) in [5.41, 5.74) is 6.69. The molecule has 1 aromatic rings. The van der Waals surface area contributed by atoms with E-state index in [-0.39, 0.29) is 0 Å². The fourth-order valence-corrected chi connectivity index (χ4v) is 1.54. The summed E-state index contributed by atoms with van der Waals surface area (Å²) < 4.78 is 1.96. The Morgan fingerprint density at radius 2 is 2.42 bits per heavy atom. The van der Waals surface area contributed by atoms with Crippen molar-refractivity contribution in [2.24, 2.45) is 0 Å². The van der Waals surface area contributed by atoms with Gasteiger partial charge < -0.3 is 5.73 Å². The van der Waals surface area contributed by atoms with Crippen LogP contribution in [0.5, 0.6) is 0 Å². The molecule has 1 aromatic heterocycles. The molecule has 0 aromatic carbocycles. The second-order valence-electron chi connectivity index (χ2n) is 2.78. The number of aromatic nitrogens is 2. The largest absolute Gasteiger partial charge is 0.382 e. The molecular weight excluding hydrogens is 170 g/mol. The van der Waals surface area contributed by atoms with Gasteiger partial charge in [0.25, 0.3) is 0 Å². The summed E-state index contributed by atoms with van der Waals surface area (Å²) >= 11 is 1.86. The molecule has 0 radical (unpaired) electrons. The third-order valence-corrected chi connectivity index (χ3v) is 2.42. The average molecular weight is 185 g/mol. The quantitative estimate of drug-likeness (QED) is 0.723. The van der Waals surface area contributed by atoms with Crippen LogP contribution in [0.15, 0.2) is 6.07 Å². The zero-order chi connectivity index (χ0) is 8.97. The van der Waals surface area contributed by atoms with Crippen LogP contribution in [0.2, 0.25) is 0 Å². The monoisotopic (exact) mass is 185 g/mol. The molecule has 1 heterocycles. The van der Waals surface area contributed by atoms with Gasteiger partial charge in [0.05, 0.1) is 0 Å². The predicted octanol–water partition coefficient (Wildman–Crippen LogP) is 1.53. The smallest absolute Gasteiger partial charge is 0.145 e. The van der Waals surface area contributed by atoms with Gasteiger partial charge in [0, 0.05) is 18.3 Å². The van der Waals surface area contributed by atoms with Gasteiger partial charge in [-0.1, -0.05) is 0 Å². The van der Waals surface area contributed by atoms with E-state index >= 15 is 0 Å². The molecule has 2 N–H and O–H groups in total. The Bertz CT molecular complexity index is 244. The van der Waals surface area contributed by atoms with Gasteiger partial charge in [-0.25, -0.2) is 0 Å². The molecule has 12 heavy (non-hydrogen) atoms. The van der Waals surface area contributed by atoms with Crippen LogP contribution in [-0.2, 0) is 6.54 Å². The molecule has 0 spiro atoms. The van der Waals surface area contributed by atoms with E-state index in [1.54, 1.807) is 0 Å². The van der Waals surface area contributed by atoms with E-state index in [9.17, 15) is 0 Å². The topological polar surface area (TPSA) is 43.8 Å². The zero-order valence-electron chi connectivity index (χ0n) is 7.58. The van der Waals surface area contributed by atoms with Crippen LogP contribution in [0.3, 0.4) is 0 Å². The zero-order valence-corrected chi connectivity index (χ0v) is 8.40. The molecule has 0 bridgehead atoms. The lowest BCUT2D eigenvalue weighted by atomic mass is 10.4. The number of anilines is 1. The highest BCUT2D eigenvalue weighted by molar-refractivity contribution is 7.98. The van der Waals surface area contributed by atoms with Gasteiger partial charge in [0.1, 0.15) is 5.82 Å². The maximum Gasteiger partial charge on any atom is 0.145 e. The summed E-state index contributed by atoms with van der Waals surface area (Å²) in [6, 6.07) is 1.90. The van der Waals surface area contributed by atoms with Gasteiger partial charge in [0.2, 0.25) is 0 Å². The number of nitrogens with zero attached hydrogens (tertiary/aromatic N) is 2. The maximum atomic E-state index is 5.55. The molecule has 3 nitrogen and oxygen atoms in total. The van der Waals surface area contributed by atoms with E-state index in [0.717, 1.165) is 18.7 Å². The minimum absolute atomic E-state index is 0.622. The van der Waals surface area contributed by atoms with Crippen molar-refractivity contribution in [3.8, 4) is 0 Å². The number of nitrogens with two attached hydrogens (primary N) is 1. The van der Waals surface area contributed by atoms with Crippen LogP contribution in [0.25, 0.3) is 0 Å². The molecule has 0 aliphatic carbocycles. The molecule has 0 aliphatic heterocycles. The van der Waals surface area contributed by atoms with Gasteiger partial charge >= 0.3 is 0 Å². The van der Waals surface area contributed by atoms with Crippen molar-refractivity contribution in [2.45, 2.75) is 19.9 Å². The summed E-state index contributed by atoms with van der Waals surface area (Å²) in [5.74, 6) is 1.80. The van der Waals surface area contributed by atoms with Crippen molar-refractivity contribution < 1.29 is 0 Å². The Labute approximate surface area is 77.3 Å². The molecule has 0 saturated heterocycles. The molecule has 0 aliphatic rings. The molecule has 0 unspecified atom stereocenters. The SMILES string of the molecule is CSCCCn1nc(N)cc1C. The molecule has 4 heteroatoms. The average Bonchev–Trinajstić information content (AvgIpc) is 2.31. The molecule has 68 valence electrons. The minimum atomic E-state index is 0.622. The summed E-state index contributed by atoms with van der Waals surface area (Å²) in [5, 5.41) is 4.17. The Morgan fingerprint density at radius 3 is 2.92 bits per heavy atom. The van der Waals surface area contributed by atoms with Gasteiger partial charge in [-0.05, 0) is 25.4 Å². The predicted molar refractivity (Wildman–Crippen MR) is 54.4 cm³/mol. The van der Waals surface area contributed by atoms with E-state index in [1.807, 2.05) is 29.4 Å². The molecule has 0 amide bonds. The molecule has 0 atom stereocenters. The van der Waals surface area contributed by atoms with E-state index in [4.69, 9.17) is 5.73 Å². The normalized spacial score (nSPS) is 10.5. The van der Waals surface area contributed by atoms with E-state index < -0.39 is 0 Å². The third-order valence-electron chi connectivity index (χ3n) is 1.72. The van der Waals surface area contributed by atoms with Crippen molar-refractivity contribution in [3.05, 3.63) is 11.8 Å². The Balaban J connectivity index is 2.45. The second kappa shape index (κ2) is 4.40. The fraction of sp³-hybridized carbons (Fsp3) is 0.625. The molecular formula is C8H15N3S. The van der Waals surface area contributed by atoms with Crippen LogP contribution < -0.4 is 5.73 Å². The van der Waals surface area contributed by atoms with Crippen LogP contribution in [0.1, 0.15) is 12.1 Å². The van der Waals surface area contributed by atoms with Crippen LogP contribution in [-0.4, -0.2) is 21.8 Å². The second-order valence-corrected chi connectivity index (χ2v) is 3.77. The lowest BCUT2D eigenvalue weighted by Crippen LogP contribution is -2.03. The van der Waals surface area contributed by atoms with E-state index in [0.29, 0.717) is 5.82 Å². The van der Waals surface area contributed by atoms with Gasteiger partial charge in [-0.2, -0.15) is 16.9 Å². The highest BCUT2D eigenvalue weighted by Crippen LogP contribution is 2.06. The first-order chi connectivity index (χ1) is 5.74. The van der Waals surface area contributed by atoms with Gasteiger partial charge in [-0.3, -0.25) is 4.68 Å². The summed E-state index contributed by atoms with van der Waals surface area (Å²) in [4.78, 5) is 0. The Kier molecular flexibility index (Phi) is 3.47. The van der Waals surface area contributed by atoms with Crippen LogP contribution in [0.4, 0.5) is 5.82 Å². The molecule has 1 rings (SSSR count). The highest BCUT2D eigenvalue weighted by Gasteiger charge is 1.99. The summed E-state index contributed by atoms with van der Waals surface area (Å²) in [6.45, 7) is 3.01. The Hall–Kier alpha value is -0.640. The fourth-order valence-electron chi connectivity index (χ4n) is 1.12. The van der Waals surface area contributed by atoms with Crippen molar-refractivity contribution in [2.75, 3.05) is 17.7 Å². The number of hydrogen-bond acceptors (Lipinski definition) is 3. The first-order valence-corrected chi connectivity index (χ1v) is 5.42. The maximum absolute atomic E-state index is 5.55. The van der Waals surface area contributed by atoms with E-state index in [1.165, 1.54) is 5.75 Å². The first kappa shape index (κ1) is 9.45. The van der Waals surface area contributed by atoms with Gasteiger partial charge in [-0.15, -0.1) is 0 Å². The number of nitrogen functional groups attached to an aromatic ring is 1. The lowest BCUT2D eigenvalue weighted by Gasteiger charge is -2.01. The van der Waals surface area contributed by atoms with Crippen molar-refractivity contribution in [1.29, 1.82) is 0 Å². The van der Waals surface area contributed by atoms with Crippen molar-refractivity contribution in [1.82, 2.24) is 9.78 Å². The standard InChI is InChI=1S/C8H15N3S/c1-7-6-8(9)10-11(7)4-3-5-12-2/h6H,3-5H2,1-2H3,(H2,9,10). The van der Waals surface area contributed by atoms with E-state index in [2.05, 4.69) is 11.4 Å². The lowest BCUT2D eigenvalue weighted by molar-refractivity contribution is 0.593. The van der Waals surface area contributed by atoms with Crippen LogP contribution in [0, 0.1) is 6.92 Å². The Morgan fingerprint density at radius 1 is 1.67 bits per heavy atom. The number of aryl methyl sites for hydroxylation is 2. The van der Waals surface area contributed by atoms with Crippen LogP contribution >= 0.6 is 11.8 Å². The van der Waals surface area contributed by atoms with Crippen molar-refractivity contribution >= 4 is 17.6 Å². The number of rotatable bonds is 4. The van der Waals surface area contributed by atoms with Crippen molar-refractivity contribution in [3.63, 3.8) is 0 Å². The first-order valence-electron chi connectivity index (χ1n) is 4.03. The van der Waals surface area contributed by atoms with Gasteiger partial charge in [0.15, 0.2) is 0 Å². The molecule has 0 fully saturated rings. The molecule has 0 saturated carbocycles. The number of hydrogen-bond donors (Lipinski definition) is 1. The highest BCUT2D eigenvalue weighted by atomic mass is 32.2. The summed E-state index contributed by atoms with van der Waals surface area (Å²) in [6.07, 6.45) is 3.27. The third kappa shape index (κ3) is 2.44. The summed E-state index contributed by atoms with van der Waals surface area (Å²) in [7, 11) is 0.